The van der Waals surface area contributed by atoms with Gasteiger partial charge in [-0.2, -0.15) is 0 Å². The molecule has 0 saturated heterocycles. The van der Waals surface area contributed by atoms with E-state index in [1.54, 1.807) is 0 Å². The van der Waals surface area contributed by atoms with Crippen molar-refractivity contribution in [1.29, 1.82) is 0 Å². The molecule has 6 heteroatoms. The van der Waals surface area contributed by atoms with E-state index < -0.39 is 6.10 Å². The van der Waals surface area contributed by atoms with E-state index in [4.69, 9.17) is 14.2 Å². The molecule has 83 heavy (non-hydrogen) atoms. The maximum absolute atomic E-state index is 12.9. The molecule has 6 nitrogen and oxygen atoms in total. The summed E-state index contributed by atoms with van der Waals surface area (Å²) in [6.07, 6.45) is 101. The van der Waals surface area contributed by atoms with Crippen LogP contribution in [-0.4, -0.2) is 37.2 Å². The van der Waals surface area contributed by atoms with Crippen LogP contribution in [0.3, 0.4) is 0 Å². The third-order valence-electron chi connectivity index (χ3n) is 14.0. The summed E-state index contributed by atoms with van der Waals surface area (Å²) in [6.45, 7) is 6.36. The SMILES string of the molecule is CC/C=C\C/C=C\C/C=C\C/C=C\C/C=C\C/C=C\CCCCCCCCCCCCC(=O)OCC(COC(=O)CCCC/C=C\C/C=C\C/C=C\C/C=C\CC)OC(=O)CCCCCCCC/C=C\C/C=C\C/C=C\CCCCCCC. The van der Waals surface area contributed by atoms with Crippen LogP contribution in [0.1, 0.15) is 290 Å². The normalized spacial score (nSPS) is 13.1. The number of ether oxygens (including phenoxy) is 3. The van der Waals surface area contributed by atoms with E-state index in [0.717, 1.165) is 148 Å². The van der Waals surface area contributed by atoms with E-state index in [-0.39, 0.29) is 31.1 Å². The fourth-order valence-corrected chi connectivity index (χ4v) is 8.97. The Balaban J connectivity index is 4.41. The molecule has 0 rings (SSSR count). The number of hydrogen-bond donors (Lipinski definition) is 0. The van der Waals surface area contributed by atoms with Crippen molar-refractivity contribution in [2.24, 2.45) is 0 Å². The average molecular weight is 1150 g/mol. The number of carbonyl (C=O) groups is 3. The monoisotopic (exact) mass is 1140 g/mol. The van der Waals surface area contributed by atoms with Gasteiger partial charge in [-0.3, -0.25) is 14.4 Å². The molecular formula is C77H124O6. The van der Waals surface area contributed by atoms with Gasteiger partial charge >= 0.3 is 17.9 Å². The molecule has 0 aromatic heterocycles. The van der Waals surface area contributed by atoms with Crippen molar-refractivity contribution in [3.8, 4) is 0 Å². The highest BCUT2D eigenvalue weighted by molar-refractivity contribution is 5.71. The molecule has 0 aliphatic carbocycles. The molecule has 468 valence electrons. The van der Waals surface area contributed by atoms with Gasteiger partial charge in [0.15, 0.2) is 6.10 Å². The van der Waals surface area contributed by atoms with Crippen LogP contribution in [0.25, 0.3) is 0 Å². The number of hydrogen-bond acceptors (Lipinski definition) is 6. The summed E-state index contributed by atoms with van der Waals surface area (Å²) in [4.78, 5) is 38.4. The highest BCUT2D eigenvalue weighted by atomic mass is 16.6. The molecule has 0 heterocycles. The van der Waals surface area contributed by atoms with E-state index in [1.165, 1.54) is 96.3 Å². The van der Waals surface area contributed by atoms with Gasteiger partial charge in [-0.15, -0.1) is 0 Å². The van der Waals surface area contributed by atoms with Gasteiger partial charge < -0.3 is 14.2 Å². The van der Waals surface area contributed by atoms with Crippen LogP contribution < -0.4 is 0 Å². The van der Waals surface area contributed by atoms with Crippen LogP contribution in [-0.2, 0) is 28.6 Å². The fraction of sp³-hybridized carbons (Fsp3) is 0.623. The first kappa shape index (κ1) is 78.0. The summed E-state index contributed by atoms with van der Waals surface area (Å²) in [6, 6.07) is 0. The number of carbonyl (C=O) groups excluding carboxylic acids is 3. The predicted octanol–water partition coefficient (Wildman–Crippen LogP) is 23.7. The Morgan fingerprint density at radius 2 is 0.470 bits per heavy atom. The van der Waals surface area contributed by atoms with Crippen molar-refractivity contribution in [2.75, 3.05) is 13.2 Å². The minimum absolute atomic E-state index is 0.105. The minimum Gasteiger partial charge on any atom is -0.462 e. The second kappa shape index (κ2) is 69.5. The van der Waals surface area contributed by atoms with Crippen molar-refractivity contribution in [3.05, 3.63) is 158 Å². The molecule has 0 aliphatic rings. The zero-order valence-electron chi connectivity index (χ0n) is 53.7. The Morgan fingerprint density at radius 1 is 0.253 bits per heavy atom. The molecule has 0 fully saturated rings. The number of allylic oxidation sites excluding steroid dienone is 26. The van der Waals surface area contributed by atoms with Crippen molar-refractivity contribution < 1.29 is 28.6 Å². The Labute approximate surface area is 511 Å². The van der Waals surface area contributed by atoms with Crippen molar-refractivity contribution in [1.82, 2.24) is 0 Å². The topological polar surface area (TPSA) is 78.9 Å². The highest BCUT2D eigenvalue weighted by Crippen LogP contribution is 2.15. The molecule has 1 atom stereocenters. The molecule has 0 saturated carbocycles. The van der Waals surface area contributed by atoms with Crippen LogP contribution in [0.5, 0.6) is 0 Å². The maximum Gasteiger partial charge on any atom is 0.306 e. The molecule has 0 amide bonds. The van der Waals surface area contributed by atoms with Crippen LogP contribution in [0, 0.1) is 0 Å². The van der Waals surface area contributed by atoms with Crippen molar-refractivity contribution in [2.45, 2.75) is 297 Å². The lowest BCUT2D eigenvalue weighted by atomic mass is 10.1. The standard InChI is InChI=1S/C77H124O6/c1-4-7-10-13-16-19-22-25-28-30-32-34-35-36-37-38-39-40-41-43-44-46-49-52-55-58-61-64-67-70-76(79)82-73-74(72-81-75(78)69-66-63-60-57-54-51-48-27-24-21-18-15-12-9-6-3)83-77(80)71-68-65-62-59-56-53-50-47-45-42-33-31-29-26-23-20-17-14-11-8-5-2/h7,9-10,12,16,18-19,21,23,25-28,31-34,36-37,39-40,45,47-48,54,57,74H,4-6,8,11,13-15,17,20,22,24,29-30,35,38,41-44,46,49-53,55-56,58-73H2,1-3H3/b10-7-,12-9-,19-16-,21-18-,26-23-,28-25-,33-31-,34-32-,37-36-,40-39-,47-45-,48-27-,57-54-. The first-order valence-electron chi connectivity index (χ1n) is 34.0. The zero-order valence-corrected chi connectivity index (χ0v) is 53.7. The second-order valence-electron chi connectivity index (χ2n) is 22.0. The van der Waals surface area contributed by atoms with Crippen LogP contribution in [0.4, 0.5) is 0 Å². The van der Waals surface area contributed by atoms with Gasteiger partial charge in [-0.05, 0) is 148 Å². The van der Waals surface area contributed by atoms with Gasteiger partial charge in [0, 0.05) is 19.3 Å². The van der Waals surface area contributed by atoms with Gasteiger partial charge in [0.05, 0.1) is 0 Å². The maximum atomic E-state index is 12.9. The van der Waals surface area contributed by atoms with Crippen LogP contribution in [0.15, 0.2) is 158 Å². The third kappa shape index (κ3) is 67.7. The number of rotatable bonds is 60. The predicted molar refractivity (Wildman–Crippen MR) is 362 cm³/mol. The number of esters is 3. The first-order chi connectivity index (χ1) is 41.0. The highest BCUT2D eigenvalue weighted by Gasteiger charge is 2.19. The van der Waals surface area contributed by atoms with Crippen molar-refractivity contribution >= 4 is 17.9 Å². The fourth-order valence-electron chi connectivity index (χ4n) is 8.97. The van der Waals surface area contributed by atoms with Gasteiger partial charge in [-0.1, -0.05) is 281 Å². The molecule has 0 radical (unpaired) electrons. The van der Waals surface area contributed by atoms with E-state index >= 15 is 0 Å². The molecular weight excluding hydrogens is 1020 g/mol. The lowest BCUT2D eigenvalue weighted by molar-refractivity contribution is -0.167. The van der Waals surface area contributed by atoms with E-state index in [0.29, 0.717) is 25.7 Å². The van der Waals surface area contributed by atoms with Gasteiger partial charge in [0.25, 0.3) is 0 Å². The first-order valence-corrected chi connectivity index (χ1v) is 34.0. The summed E-state index contributed by atoms with van der Waals surface area (Å²) in [5, 5.41) is 0. The Kier molecular flexibility index (Phi) is 65.4. The van der Waals surface area contributed by atoms with Crippen molar-refractivity contribution in [3.63, 3.8) is 0 Å². The lowest BCUT2D eigenvalue weighted by Gasteiger charge is -2.18. The summed E-state index contributed by atoms with van der Waals surface area (Å²) < 4.78 is 16.9. The summed E-state index contributed by atoms with van der Waals surface area (Å²) in [5.41, 5.74) is 0. The molecule has 0 aliphatic heterocycles. The Bertz CT molecular complexity index is 1840. The summed E-state index contributed by atoms with van der Waals surface area (Å²) >= 11 is 0. The summed E-state index contributed by atoms with van der Waals surface area (Å²) in [7, 11) is 0. The van der Waals surface area contributed by atoms with Gasteiger partial charge in [0.2, 0.25) is 0 Å². The lowest BCUT2D eigenvalue weighted by Crippen LogP contribution is -2.30. The quantitative estimate of drug-likeness (QED) is 0.0261. The van der Waals surface area contributed by atoms with Gasteiger partial charge in [0.1, 0.15) is 13.2 Å². The number of unbranched alkanes of at least 4 members (excludes halogenated alkanes) is 23. The average Bonchev–Trinajstić information content (AvgIpc) is 3.49. The molecule has 1 unspecified atom stereocenters. The van der Waals surface area contributed by atoms with Gasteiger partial charge in [-0.25, -0.2) is 0 Å². The third-order valence-corrected chi connectivity index (χ3v) is 14.0. The minimum atomic E-state index is -0.813. The smallest absolute Gasteiger partial charge is 0.306 e. The molecule has 0 N–H and O–H groups in total. The van der Waals surface area contributed by atoms with Crippen LogP contribution in [0.2, 0.25) is 0 Å². The largest absolute Gasteiger partial charge is 0.462 e. The van der Waals surface area contributed by atoms with E-state index in [1.807, 2.05) is 0 Å². The summed E-state index contributed by atoms with van der Waals surface area (Å²) in [5.74, 6) is -0.964. The Hall–Kier alpha value is -4.97. The van der Waals surface area contributed by atoms with E-state index in [9.17, 15) is 14.4 Å². The molecule has 0 aromatic rings. The zero-order chi connectivity index (χ0) is 59.9. The molecule has 0 spiro atoms. The second-order valence-corrected chi connectivity index (χ2v) is 22.0. The molecule has 0 aromatic carbocycles. The molecule has 0 bridgehead atoms. The van der Waals surface area contributed by atoms with E-state index in [2.05, 4.69) is 179 Å². The Morgan fingerprint density at radius 3 is 0.759 bits per heavy atom. The van der Waals surface area contributed by atoms with Crippen LogP contribution >= 0.6 is 0 Å².